The van der Waals surface area contributed by atoms with Gasteiger partial charge in [0.25, 0.3) is 0 Å². The molecule has 14 N–H and O–H groups in total. The first kappa shape index (κ1) is 46.5. The predicted molar refractivity (Wildman–Crippen MR) is 179 cm³/mol. The van der Waals surface area contributed by atoms with Gasteiger partial charge in [-0.15, -0.1) is 0 Å². The number of aliphatic hydroxyl groups excluding tert-OH is 12. The molecule has 0 aromatic rings. The molecule has 0 aliphatic carbocycles. The van der Waals surface area contributed by atoms with Crippen LogP contribution in [0, 0.1) is 0 Å². The van der Waals surface area contributed by atoms with Crippen molar-refractivity contribution in [2.24, 2.45) is 0 Å². The Balaban J connectivity index is 1.49. The summed E-state index contributed by atoms with van der Waals surface area (Å²) in [5, 5.41) is 140. The van der Waals surface area contributed by atoms with E-state index in [-0.39, 0.29) is 6.61 Å². The molecule has 4 saturated heterocycles. The molecule has 55 heavy (non-hydrogen) atoms. The van der Waals surface area contributed by atoms with Crippen LogP contribution in [0.3, 0.4) is 0 Å². The van der Waals surface area contributed by atoms with Gasteiger partial charge in [0.15, 0.2) is 18.9 Å². The maximum absolute atomic E-state index is 11.9. The smallest absolute Gasteiger partial charge is 0.219 e. The third-order valence-corrected chi connectivity index (χ3v) is 11.5. The molecule has 0 radical (unpaired) electrons. The first-order chi connectivity index (χ1) is 25.7. The Labute approximate surface area is 316 Å². The highest BCUT2D eigenvalue weighted by Gasteiger charge is 2.60. The Hall–Kier alpha value is -1.15. The molecule has 24 heteroatoms. The second kappa shape index (κ2) is 19.3. The fraction of sp³-hybridized carbons (Fsp3) is 0.968. The van der Waals surface area contributed by atoms with Crippen LogP contribution in [0.2, 0.25) is 25.7 Å². The fourth-order valence-corrected chi connectivity index (χ4v) is 7.33. The number of aliphatic hydroxyl groups is 13. The highest BCUT2D eigenvalue weighted by Crippen LogP contribution is 2.36. The molecule has 23 nitrogen and oxygen atoms in total. The molecule has 4 aliphatic rings. The minimum atomic E-state index is -2.93. The van der Waals surface area contributed by atoms with Crippen LogP contribution in [0.4, 0.5) is 0 Å². The van der Waals surface area contributed by atoms with Gasteiger partial charge >= 0.3 is 0 Å². The number of carbonyl (C=O) groups excluding carboxylic acids is 1. The topological polar surface area (TPSA) is 366 Å². The molecular weight excluding hydrogens is 766 g/mol. The van der Waals surface area contributed by atoms with E-state index in [0.717, 1.165) is 6.92 Å². The summed E-state index contributed by atoms with van der Waals surface area (Å²) in [5.74, 6) is -0.947. The minimum Gasteiger partial charge on any atom is -0.394 e. The van der Waals surface area contributed by atoms with Crippen molar-refractivity contribution >= 4 is 14.0 Å². The number of nitrogens with one attached hydrogen (secondary N) is 1. The van der Waals surface area contributed by atoms with Crippen LogP contribution in [-0.4, -0.2) is 236 Å². The lowest BCUT2D eigenvalue weighted by molar-refractivity contribution is -0.399. The van der Waals surface area contributed by atoms with E-state index in [1.807, 2.05) is 5.32 Å². The molecule has 0 saturated carbocycles. The molecular formula is C31H57NO22Si. The van der Waals surface area contributed by atoms with Crippen molar-refractivity contribution in [2.45, 2.75) is 155 Å². The largest absolute Gasteiger partial charge is 0.394 e. The average Bonchev–Trinajstić information content (AvgIpc) is 3.12. The normalized spacial score (nSPS) is 47.0. The number of ether oxygens (including phenoxy) is 8. The van der Waals surface area contributed by atoms with E-state index >= 15 is 0 Å². The number of amides is 1. The SMILES string of the molecule is CC(=O)N[C@]1(O)[C@H](O[C@H]2[C@@H](O)[C@@H](CO)O[C@@H](O[C@H]3[C@H](O)[C@H](O)[C@H](O[C@@H]4[C@H](O)[C@@H](O)[C@H](OCC[Si](C)(C)C)O[C@@H]4CO)O[C@@H]3CO)[C@@H]2O)O[C@H](CO)[C@@H](O)[C@@H]1O. The van der Waals surface area contributed by atoms with Crippen molar-refractivity contribution in [3.8, 4) is 0 Å². The number of carbonyl (C=O) groups is 1. The van der Waals surface area contributed by atoms with Gasteiger partial charge in [0.05, 0.1) is 26.4 Å². The Bertz CT molecular complexity index is 1220. The summed E-state index contributed by atoms with van der Waals surface area (Å²) in [6, 6.07) is 0.708. The Kier molecular flexibility index (Phi) is 16.3. The van der Waals surface area contributed by atoms with Gasteiger partial charge in [-0.3, -0.25) is 4.79 Å². The zero-order valence-electron chi connectivity index (χ0n) is 30.7. The highest BCUT2D eigenvalue weighted by molar-refractivity contribution is 6.76. The van der Waals surface area contributed by atoms with E-state index in [0.29, 0.717) is 6.04 Å². The fourth-order valence-electron chi connectivity index (χ4n) is 6.60. The van der Waals surface area contributed by atoms with Gasteiger partial charge in [0.2, 0.25) is 17.9 Å². The van der Waals surface area contributed by atoms with E-state index in [1.165, 1.54) is 0 Å². The number of hydrogen-bond acceptors (Lipinski definition) is 22. The second-order valence-electron chi connectivity index (χ2n) is 15.2. The molecule has 0 aromatic carbocycles. The number of rotatable bonds is 15. The van der Waals surface area contributed by atoms with Crippen molar-refractivity contribution in [3.05, 3.63) is 0 Å². The lowest BCUT2D eigenvalue weighted by Gasteiger charge is -2.51. The molecule has 0 aromatic heterocycles. The van der Waals surface area contributed by atoms with Crippen LogP contribution in [0.25, 0.3) is 0 Å². The molecule has 20 atom stereocenters. The van der Waals surface area contributed by atoms with Gasteiger partial charge in [-0.2, -0.15) is 0 Å². The lowest BCUT2D eigenvalue weighted by atomic mass is 9.92. The summed E-state index contributed by atoms with van der Waals surface area (Å²) < 4.78 is 44.8. The lowest BCUT2D eigenvalue weighted by Crippen LogP contribution is -2.75. The molecule has 1 amide bonds. The molecule has 0 spiro atoms. The summed E-state index contributed by atoms with van der Waals surface area (Å²) in [7, 11) is -1.54. The van der Waals surface area contributed by atoms with Crippen molar-refractivity contribution in [2.75, 3.05) is 33.0 Å². The Morgan fingerprint density at radius 3 is 1.55 bits per heavy atom. The van der Waals surface area contributed by atoms with Crippen molar-refractivity contribution in [1.82, 2.24) is 5.32 Å². The van der Waals surface area contributed by atoms with Gasteiger partial charge < -0.3 is 110 Å². The Morgan fingerprint density at radius 2 is 1.05 bits per heavy atom. The van der Waals surface area contributed by atoms with E-state index in [1.54, 1.807) is 0 Å². The number of hydrogen-bond donors (Lipinski definition) is 14. The van der Waals surface area contributed by atoms with E-state index in [2.05, 4.69) is 19.6 Å². The van der Waals surface area contributed by atoms with Gasteiger partial charge in [-0.05, 0) is 6.04 Å². The summed E-state index contributed by atoms with van der Waals surface area (Å²) >= 11 is 0. The Morgan fingerprint density at radius 1 is 0.600 bits per heavy atom. The van der Waals surface area contributed by atoms with Crippen LogP contribution >= 0.6 is 0 Å². The summed E-state index contributed by atoms with van der Waals surface area (Å²) in [6.07, 6.45) is -34.6. The molecule has 4 heterocycles. The average molecular weight is 824 g/mol. The maximum atomic E-state index is 11.9. The molecule has 4 aliphatic heterocycles. The van der Waals surface area contributed by atoms with Gasteiger partial charge in [-0.1, -0.05) is 19.6 Å². The second-order valence-corrected chi connectivity index (χ2v) is 20.9. The van der Waals surface area contributed by atoms with E-state index in [9.17, 15) is 71.2 Å². The molecule has 0 unspecified atom stereocenters. The third-order valence-electron chi connectivity index (χ3n) is 9.83. The van der Waals surface area contributed by atoms with Crippen LogP contribution < -0.4 is 5.32 Å². The van der Waals surface area contributed by atoms with Crippen LogP contribution in [0.15, 0.2) is 0 Å². The molecule has 322 valence electrons. The quantitative estimate of drug-likeness (QED) is 0.0539. The maximum Gasteiger partial charge on any atom is 0.219 e. The predicted octanol–water partition coefficient (Wildman–Crippen LogP) is -7.92. The van der Waals surface area contributed by atoms with Crippen LogP contribution in [0.1, 0.15) is 6.92 Å². The first-order valence-corrected chi connectivity index (χ1v) is 21.5. The summed E-state index contributed by atoms with van der Waals surface area (Å²) in [6.45, 7) is 3.91. The van der Waals surface area contributed by atoms with Crippen molar-refractivity contribution in [3.63, 3.8) is 0 Å². The van der Waals surface area contributed by atoms with Gasteiger partial charge in [0, 0.05) is 21.6 Å². The summed E-state index contributed by atoms with van der Waals surface area (Å²) in [5.41, 5.74) is -2.93. The zero-order chi connectivity index (χ0) is 41.2. The summed E-state index contributed by atoms with van der Waals surface area (Å²) in [4.78, 5) is 11.9. The first-order valence-electron chi connectivity index (χ1n) is 17.8. The molecule has 4 fully saturated rings. The van der Waals surface area contributed by atoms with Gasteiger partial charge in [-0.25, -0.2) is 0 Å². The standard InChI is InChI=1S/C31H57NO22Si/c1-11(37)32-31(46)26(45)17(39)13(8-34)51-30(31)54-25-16(38)12(7-33)48-29(22(25)44)53-24-15(10-36)50-28(21(43)19(24)41)52-23-14(9-35)49-27(20(42)18(23)40)47-5-6-55(2,3)4/h12-30,33-36,38-46H,5-10H2,1-4H3,(H,32,37)/t12-,13-,14-,15-,16+,17-,18-,19-,20-,21+,22-,23+,24-,25+,26+,27-,28+,29+,30+,31-/m1/s1. The van der Waals surface area contributed by atoms with Gasteiger partial charge in [0.1, 0.15) is 91.6 Å². The van der Waals surface area contributed by atoms with E-state index in [4.69, 9.17) is 37.9 Å². The third kappa shape index (κ3) is 10.4. The molecule has 0 bridgehead atoms. The van der Waals surface area contributed by atoms with Crippen LogP contribution in [-0.2, 0) is 42.7 Å². The van der Waals surface area contributed by atoms with Crippen molar-refractivity contribution in [1.29, 1.82) is 0 Å². The monoisotopic (exact) mass is 823 g/mol. The van der Waals surface area contributed by atoms with Crippen molar-refractivity contribution < 1.29 is 109 Å². The van der Waals surface area contributed by atoms with E-state index < -0.39 is 163 Å². The zero-order valence-corrected chi connectivity index (χ0v) is 31.7. The van der Waals surface area contributed by atoms with Crippen LogP contribution in [0.5, 0.6) is 0 Å². The minimum absolute atomic E-state index is 0.208. The molecule has 4 rings (SSSR count). The highest BCUT2D eigenvalue weighted by atomic mass is 28.3.